The molecule has 0 saturated heterocycles. The van der Waals surface area contributed by atoms with Gasteiger partial charge in [0.2, 0.25) is 5.91 Å². The number of nitrogens with two attached hydrogens (primary N) is 1. The summed E-state index contributed by atoms with van der Waals surface area (Å²) in [7, 11) is 0. The molecule has 8 nitrogen and oxygen atoms in total. The minimum Gasteiger partial charge on any atom is -0.469 e. The molecule has 0 spiro atoms. The smallest absolute Gasteiger partial charge is 0.318 e. The van der Waals surface area contributed by atoms with Crippen LogP contribution in [0.5, 0.6) is 0 Å². The molecule has 146 valence electrons. The molecule has 0 radical (unpaired) electrons. The number of carbonyl (C=O) groups excluding carboxylic acids is 2. The number of hydrogen-bond acceptors (Lipinski definition) is 6. The summed E-state index contributed by atoms with van der Waals surface area (Å²) in [5.41, 5.74) is 6.77. The number of nitrogens with one attached hydrogen (secondary N) is 1. The summed E-state index contributed by atoms with van der Waals surface area (Å²) in [5, 5.41) is 10.8. The van der Waals surface area contributed by atoms with Gasteiger partial charge < -0.3 is 10.2 Å². The van der Waals surface area contributed by atoms with Gasteiger partial charge in [0.05, 0.1) is 17.1 Å². The summed E-state index contributed by atoms with van der Waals surface area (Å²) in [6.45, 7) is 5.63. The molecule has 1 atom stereocenters. The zero-order chi connectivity index (χ0) is 20.3. The third-order valence-corrected chi connectivity index (χ3v) is 5.58. The molecule has 1 aromatic carbocycles. The van der Waals surface area contributed by atoms with Gasteiger partial charge in [-0.15, -0.1) is 10.2 Å². The van der Waals surface area contributed by atoms with Crippen LogP contribution in [0.15, 0.2) is 52.2 Å². The summed E-state index contributed by atoms with van der Waals surface area (Å²) in [6, 6.07) is 10.6. The van der Waals surface area contributed by atoms with E-state index in [4.69, 9.17) is 10.2 Å². The number of thioether (sulfide) groups is 1. The van der Waals surface area contributed by atoms with Crippen LogP contribution in [0.3, 0.4) is 0 Å². The van der Waals surface area contributed by atoms with Crippen LogP contribution in [0.4, 0.5) is 4.79 Å². The minimum absolute atomic E-state index is 0.0654. The summed E-state index contributed by atoms with van der Waals surface area (Å²) >= 11 is 1.23. The molecular weight excluding hydrogens is 378 g/mol. The number of rotatable bonds is 6. The second kappa shape index (κ2) is 8.30. The molecule has 2 heterocycles. The predicted molar refractivity (Wildman–Crippen MR) is 106 cm³/mol. The normalized spacial score (nSPS) is 12.1. The standard InChI is InChI=1S/C19H21N5O3S/c1-11(2)15(17(25)21-18(20)26)28-19-23-22-16(14-9-10-27-12(14)3)24(19)13-7-5-4-6-8-13/h4-11,15H,1-3H3,(H3,20,21,25,26). The number of nitrogens with zero attached hydrogens (tertiary/aromatic N) is 3. The van der Waals surface area contributed by atoms with E-state index in [1.807, 2.05) is 61.7 Å². The number of aromatic nitrogens is 3. The van der Waals surface area contributed by atoms with E-state index in [2.05, 4.69) is 15.5 Å². The average molecular weight is 399 g/mol. The lowest BCUT2D eigenvalue weighted by Gasteiger charge is -2.19. The summed E-state index contributed by atoms with van der Waals surface area (Å²) in [6.07, 6.45) is 1.60. The Bertz CT molecular complexity index is 981. The van der Waals surface area contributed by atoms with Crippen molar-refractivity contribution in [3.8, 4) is 17.1 Å². The van der Waals surface area contributed by atoms with Crippen molar-refractivity contribution in [2.75, 3.05) is 0 Å². The van der Waals surface area contributed by atoms with Crippen molar-refractivity contribution < 1.29 is 14.0 Å². The molecule has 0 aliphatic carbocycles. The first-order valence-electron chi connectivity index (χ1n) is 8.70. The number of primary amides is 1. The van der Waals surface area contributed by atoms with E-state index in [0.717, 1.165) is 11.3 Å². The van der Waals surface area contributed by atoms with E-state index in [-0.39, 0.29) is 5.92 Å². The molecule has 0 aliphatic rings. The van der Waals surface area contributed by atoms with E-state index >= 15 is 0 Å². The zero-order valence-corrected chi connectivity index (χ0v) is 16.6. The van der Waals surface area contributed by atoms with Gasteiger partial charge in [-0.2, -0.15) is 0 Å². The maximum absolute atomic E-state index is 12.4. The van der Waals surface area contributed by atoms with Gasteiger partial charge in [-0.1, -0.05) is 43.8 Å². The van der Waals surface area contributed by atoms with Gasteiger partial charge in [0, 0.05) is 5.69 Å². The summed E-state index contributed by atoms with van der Waals surface area (Å²) < 4.78 is 7.29. The quantitative estimate of drug-likeness (QED) is 0.615. The average Bonchev–Trinajstić information content (AvgIpc) is 3.25. The van der Waals surface area contributed by atoms with Crippen molar-refractivity contribution in [1.82, 2.24) is 20.1 Å². The molecule has 3 rings (SSSR count). The van der Waals surface area contributed by atoms with Crippen LogP contribution in [-0.2, 0) is 4.79 Å². The van der Waals surface area contributed by atoms with Crippen molar-refractivity contribution in [2.45, 2.75) is 31.2 Å². The molecule has 3 amide bonds. The van der Waals surface area contributed by atoms with Crippen molar-refractivity contribution in [2.24, 2.45) is 11.7 Å². The maximum Gasteiger partial charge on any atom is 0.318 e. The van der Waals surface area contributed by atoms with Crippen molar-refractivity contribution in [3.63, 3.8) is 0 Å². The lowest BCUT2D eigenvalue weighted by atomic mass is 10.1. The van der Waals surface area contributed by atoms with Crippen LogP contribution in [0.1, 0.15) is 19.6 Å². The third-order valence-electron chi connectivity index (χ3n) is 4.09. The third kappa shape index (κ3) is 4.09. The van der Waals surface area contributed by atoms with E-state index in [9.17, 15) is 9.59 Å². The van der Waals surface area contributed by atoms with Crippen LogP contribution < -0.4 is 11.1 Å². The fourth-order valence-corrected chi connectivity index (χ4v) is 3.80. The zero-order valence-electron chi connectivity index (χ0n) is 15.7. The highest BCUT2D eigenvalue weighted by Crippen LogP contribution is 2.33. The Labute approximate surface area is 166 Å². The molecule has 9 heteroatoms. The predicted octanol–water partition coefficient (Wildman–Crippen LogP) is 3.15. The Morgan fingerprint density at radius 3 is 2.46 bits per heavy atom. The Hall–Kier alpha value is -3.07. The van der Waals surface area contributed by atoms with Gasteiger partial charge in [0.1, 0.15) is 5.76 Å². The Morgan fingerprint density at radius 1 is 1.18 bits per heavy atom. The van der Waals surface area contributed by atoms with E-state index in [1.165, 1.54) is 11.8 Å². The van der Waals surface area contributed by atoms with Crippen molar-refractivity contribution in [1.29, 1.82) is 0 Å². The van der Waals surface area contributed by atoms with Crippen LogP contribution in [0.2, 0.25) is 0 Å². The first kappa shape index (κ1) is 19.7. The second-order valence-corrected chi connectivity index (χ2v) is 7.61. The number of furan rings is 1. The molecule has 3 aromatic rings. The molecule has 0 saturated carbocycles. The Kier molecular flexibility index (Phi) is 5.84. The number of hydrogen-bond donors (Lipinski definition) is 2. The monoisotopic (exact) mass is 399 g/mol. The molecule has 28 heavy (non-hydrogen) atoms. The summed E-state index contributed by atoms with van der Waals surface area (Å²) in [5.74, 6) is 0.798. The lowest BCUT2D eigenvalue weighted by molar-refractivity contribution is -0.120. The van der Waals surface area contributed by atoms with Gasteiger partial charge in [0.25, 0.3) is 0 Å². The number of para-hydroxylation sites is 1. The van der Waals surface area contributed by atoms with Crippen molar-refractivity contribution >= 4 is 23.7 Å². The lowest BCUT2D eigenvalue weighted by Crippen LogP contribution is -2.42. The molecule has 1 unspecified atom stereocenters. The van der Waals surface area contributed by atoms with E-state index in [0.29, 0.717) is 16.7 Å². The number of carbonyl (C=O) groups is 2. The SMILES string of the molecule is Cc1occc1-c1nnc(SC(C(=O)NC(N)=O)C(C)C)n1-c1ccccc1. The fraction of sp³-hybridized carbons (Fsp3) is 0.263. The van der Waals surface area contributed by atoms with E-state index in [1.54, 1.807) is 6.26 Å². The van der Waals surface area contributed by atoms with E-state index < -0.39 is 17.2 Å². The van der Waals surface area contributed by atoms with Gasteiger partial charge in [-0.25, -0.2) is 4.79 Å². The fourth-order valence-electron chi connectivity index (χ4n) is 2.75. The molecule has 0 bridgehead atoms. The molecule has 0 aliphatic heterocycles. The van der Waals surface area contributed by atoms with Gasteiger partial charge in [-0.3, -0.25) is 14.7 Å². The number of urea groups is 1. The number of benzene rings is 1. The maximum atomic E-state index is 12.4. The summed E-state index contributed by atoms with van der Waals surface area (Å²) in [4.78, 5) is 23.5. The minimum atomic E-state index is -0.879. The largest absolute Gasteiger partial charge is 0.469 e. The van der Waals surface area contributed by atoms with Crippen LogP contribution in [0.25, 0.3) is 17.1 Å². The molecule has 0 fully saturated rings. The Morgan fingerprint density at radius 2 is 1.89 bits per heavy atom. The highest BCUT2D eigenvalue weighted by molar-refractivity contribution is 8.00. The molecule has 2 aromatic heterocycles. The van der Waals surface area contributed by atoms with Crippen LogP contribution in [-0.4, -0.2) is 32.0 Å². The molecule has 3 N–H and O–H groups in total. The van der Waals surface area contributed by atoms with Gasteiger partial charge in [0.15, 0.2) is 11.0 Å². The first-order chi connectivity index (χ1) is 13.4. The first-order valence-corrected chi connectivity index (χ1v) is 9.58. The van der Waals surface area contributed by atoms with Crippen molar-refractivity contribution in [3.05, 3.63) is 48.4 Å². The highest BCUT2D eigenvalue weighted by Gasteiger charge is 2.28. The van der Waals surface area contributed by atoms with Crippen LogP contribution >= 0.6 is 11.8 Å². The Balaban J connectivity index is 2.06. The number of aryl methyl sites for hydroxylation is 1. The number of imide groups is 1. The molecular formula is C19H21N5O3S. The highest BCUT2D eigenvalue weighted by atomic mass is 32.2. The number of amides is 3. The van der Waals surface area contributed by atoms with Gasteiger partial charge >= 0.3 is 6.03 Å². The topological polar surface area (TPSA) is 116 Å². The second-order valence-electron chi connectivity index (χ2n) is 6.50. The van der Waals surface area contributed by atoms with Crippen LogP contribution in [0, 0.1) is 12.8 Å². The van der Waals surface area contributed by atoms with Gasteiger partial charge in [-0.05, 0) is 31.0 Å².